The second-order valence-corrected chi connectivity index (χ2v) is 9.35. The maximum Gasteiger partial charge on any atom is 0.222 e. The number of nitrogens with zero attached hydrogens (tertiary/aromatic N) is 2. The van der Waals surface area contributed by atoms with Crippen LogP contribution >= 0.6 is 11.3 Å². The normalized spacial score (nSPS) is 21.8. The zero-order chi connectivity index (χ0) is 21.0. The lowest BCUT2D eigenvalue weighted by Crippen LogP contribution is -2.56. The first-order chi connectivity index (χ1) is 14.6. The number of aliphatic hydroxyl groups excluding tert-OH is 2. The van der Waals surface area contributed by atoms with Gasteiger partial charge >= 0.3 is 0 Å². The fraction of sp³-hybridized carbons (Fsp3) is 0.417. The topological polar surface area (TPSA) is 73.7 Å². The number of benzene rings is 2. The summed E-state index contributed by atoms with van der Waals surface area (Å²) in [6, 6.07) is 18.0. The van der Waals surface area contributed by atoms with Crippen molar-refractivity contribution in [2.24, 2.45) is 5.41 Å². The summed E-state index contributed by atoms with van der Waals surface area (Å²) < 4.78 is 1.18. The third-order valence-corrected chi connectivity index (χ3v) is 7.17. The third-order valence-electron chi connectivity index (χ3n) is 6.07. The van der Waals surface area contributed by atoms with E-state index in [1.807, 2.05) is 53.4 Å². The molecule has 1 saturated heterocycles. The molecule has 0 saturated carbocycles. The van der Waals surface area contributed by atoms with Gasteiger partial charge in [-0.25, -0.2) is 4.98 Å². The van der Waals surface area contributed by atoms with Crippen LogP contribution in [0.3, 0.4) is 0 Å². The molecule has 30 heavy (non-hydrogen) atoms. The Hall–Kier alpha value is -2.28. The number of rotatable bonds is 7. The van der Waals surface area contributed by atoms with Gasteiger partial charge in [0.05, 0.1) is 27.9 Å². The summed E-state index contributed by atoms with van der Waals surface area (Å²) in [5.74, 6) is 0.0916. The monoisotopic (exact) mass is 424 g/mol. The SMILES string of the molecule is O=C(CCCc1nc2ccccc2s1)N1CC[C@@H](O)[C@@](CO)(Cc2ccccc2)C1. The average Bonchev–Trinajstić information content (AvgIpc) is 3.19. The Balaban J connectivity index is 1.36. The fourth-order valence-corrected chi connectivity index (χ4v) is 5.33. The number of carbonyl (C=O) groups excluding carboxylic acids is 1. The molecule has 6 heteroatoms. The van der Waals surface area contributed by atoms with E-state index < -0.39 is 11.5 Å². The summed E-state index contributed by atoms with van der Waals surface area (Å²) in [6.45, 7) is 0.787. The summed E-state index contributed by atoms with van der Waals surface area (Å²) in [6.07, 6.45) is 2.44. The maximum atomic E-state index is 12.9. The zero-order valence-electron chi connectivity index (χ0n) is 17.0. The van der Waals surface area contributed by atoms with E-state index in [1.54, 1.807) is 11.3 Å². The first kappa shape index (κ1) is 21.0. The van der Waals surface area contributed by atoms with E-state index >= 15 is 0 Å². The molecule has 2 atom stereocenters. The smallest absolute Gasteiger partial charge is 0.222 e. The molecule has 4 rings (SSSR count). The van der Waals surface area contributed by atoms with Crippen molar-refractivity contribution in [2.75, 3.05) is 19.7 Å². The molecule has 1 fully saturated rings. The van der Waals surface area contributed by atoms with Gasteiger partial charge in [0.1, 0.15) is 0 Å². The predicted octanol–water partition coefficient (Wildman–Crippen LogP) is 3.43. The van der Waals surface area contributed by atoms with E-state index in [2.05, 4.69) is 11.1 Å². The highest BCUT2D eigenvalue weighted by Crippen LogP contribution is 2.34. The summed E-state index contributed by atoms with van der Waals surface area (Å²) >= 11 is 1.69. The van der Waals surface area contributed by atoms with Gasteiger partial charge in [-0.2, -0.15) is 0 Å². The Morgan fingerprint density at radius 3 is 2.70 bits per heavy atom. The van der Waals surface area contributed by atoms with E-state index in [0.717, 1.165) is 28.9 Å². The van der Waals surface area contributed by atoms with Gasteiger partial charge < -0.3 is 15.1 Å². The number of para-hydroxylation sites is 1. The van der Waals surface area contributed by atoms with Gasteiger partial charge in [-0.05, 0) is 43.4 Å². The molecule has 2 N–H and O–H groups in total. The van der Waals surface area contributed by atoms with Gasteiger partial charge in [-0.3, -0.25) is 4.79 Å². The molecular weight excluding hydrogens is 396 g/mol. The molecule has 2 heterocycles. The van der Waals surface area contributed by atoms with E-state index in [-0.39, 0.29) is 12.5 Å². The molecule has 158 valence electrons. The average molecular weight is 425 g/mol. The molecule has 0 aliphatic carbocycles. The lowest BCUT2D eigenvalue weighted by molar-refractivity contribution is -0.142. The van der Waals surface area contributed by atoms with Gasteiger partial charge in [0.2, 0.25) is 5.91 Å². The summed E-state index contributed by atoms with van der Waals surface area (Å²) in [5.41, 5.74) is 1.38. The minimum Gasteiger partial charge on any atom is -0.396 e. The van der Waals surface area contributed by atoms with Crippen LogP contribution in [0, 0.1) is 5.41 Å². The second kappa shape index (κ2) is 9.25. The van der Waals surface area contributed by atoms with Gasteiger partial charge in [-0.1, -0.05) is 42.5 Å². The molecule has 1 aliphatic heterocycles. The number of aromatic nitrogens is 1. The molecule has 0 radical (unpaired) electrons. The summed E-state index contributed by atoms with van der Waals surface area (Å²) in [5, 5.41) is 21.9. The molecule has 5 nitrogen and oxygen atoms in total. The predicted molar refractivity (Wildman–Crippen MR) is 119 cm³/mol. The first-order valence-electron chi connectivity index (χ1n) is 10.5. The van der Waals surface area contributed by atoms with Crippen molar-refractivity contribution in [1.82, 2.24) is 9.88 Å². The number of piperidine rings is 1. The minimum absolute atomic E-state index is 0.0916. The molecule has 0 unspecified atom stereocenters. The number of aliphatic hydroxyl groups is 2. The Bertz CT molecular complexity index is 957. The van der Waals surface area contributed by atoms with Crippen molar-refractivity contribution in [3.8, 4) is 0 Å². The molecule has 1 aromatic heterocycles. The highest BCUT2D eigenvalue weighted by atomic mass is 32.1. The lowest BCUT2D eigenvalue weighted by Gasteiger charge is -2.45. The van der Waals surface area contributed by atoms with E-state index in [9.17, 15) is 15.0 Å². The number of carbonyl (C=O) groups is 1. The fourth-order valence-electron chi connectivity index (χ4n) is 4.32. The largest absolute Gasteiger partial charge is 0.396 e. The molecule has 0 spiro atoms. The van der Waals surface area contributed by atoms with E-state index in [0.29, 0.717) is 32.4 Å². The molecule has 1 amide bonds. The van der Waals surface area contributed by atoms with Crippen LogP contribution in [-0.4, -0.2) is 51.8 Å². The number of amides is 1. The lowest BCUT2D eigenvalue weighted by atomic mass is 9.73. The van der Waals surface area contributed by atoms with Crippen LogP contribution in [0.4, 0.5) is 0 Å². The van der Waals surface area contributed by atoms with Gasteiger partial charge in [0.25, 0.3) is 0 Å². The molecule has 2 aromatic carbocycles. The van der Waals surface area contributed by atoms with Crippen LogP contribution in [0.25, 0.3) is 10.2 Å². The van der Waals surface area contributed by atoms with Crippen LogP contribution in [0.1, 0.15) is 29.8 Å². The maximum absolute atomic E-state index is 12.9. The highest BCUT2D eigenvalue weighted by molar-refractivity contribution is 7.18. The van der Waals surface area contributed by atoms with Gasteiger partial charge in [-0.15, -0.1) is 11.3 Å². The van der Waals surface area contributed by atoms with Crippen LogP contribution in [0.15, 0.2) is 54.6 Å². The van der Waals surface area contributed by atoms with Crippen molar-refractivity contribution in [1.29, 1.82) is 0 Å². The van der Waals surface area contributed by atoms with Crippen molar-refractivity contribution in [3.63, 3.8) is 0 Å². The standard InChI is InChI=1S/C24H28N2O3S/c27-17-24(15-18-7-2-1-3-8-18)16-26(14-13-21(24)28)23(29)12-6-11-22-25-19-9-4-5-10-20(19)30-22/h1-5,7-10,21,27-28H,6,11-17H2/t21-,24+/m1/s1. The van der Waals surface area contributed by atoms with Crippen LogP contribution < -0.4 is 0 Å². The van der Waals surface area contributed by atoms with Gasteiger partial charge in [0, 0.05) is 24.9 Å². The van der Waals surface area contributed by atoms with Crippen molar-refractivity contribution in [2.45, 2.75) is 38.2 Å². The number of hydrogen-bond acceptors (Lipinski definition) is 5. The first-order valence-corrected chi connectivity index (χ1v) is 11.4. The number of likely N-dealkylation sites (tertiary alicyclic amines) is 1. The van der Waals surface area contributed by atoms with Crippen molar-refractivity contribution in [3.05, 3.63) is 65.2 Å². The number of fused-ring (bicyclic) bond motifs is 1. The Morgan fingerprint density at radius 2 is 1.93 bits per heavy atom. The molecule has 3 aromatic rings. The molecule has 0 bridgehead atoms. The third kappa shape index (κ3) is 4.56. The Morgan fingerprint density at radius 1 is 1.17 bits per heavy atom. The van der Waals surface area contributed by atoms with Crippen LogP contribution in [-0.2, 0) is 17.6 Å². The van der Waals surface area contributed by atoms with E-state index in [1.165, 1.54) is 4.70 Å². The number of thiazole rings is 1. The quantitative estimate of drug-likeness (QED) is 0.609. The zero-order valence-corrected chi connectivity index (χ0v) is 17.9. The Kier molecular flexibility index (Phi) is 6.46. The number of hydrogen-bond donors (Lipinski definition) is 2. The summed E-state index contributed by atoms with van der Waals surface area (Å²) in [7, 11) is 0. The Labute approximate surface area is 181 Å². The minimum atomic E-state index is -0.706. The van der Waals surface area contributed by atoms with Crippen molar-refractivity contribution >= 4 is 27.5 Å². The molecular formula is C24H28N2O3S. The van der Waals surface area contributed by atoms with Crippen molar-refractivity contribution < 1.29 is 15.0 Å². The summed E-state index contributed by atoms with van der Waals surface area (Å²) in [4.78, 5) is 19.3. The highest BCUT2D eigenvalue weighted by Gasteiger charge is 2.43. The number of aryl methyl sites for hydroxylation is 1. The van der Waals surface area contributed by atoms with Gasteiger partial charge in [0.15, 0.2) is 0 Å². The van der Waals surface area contributed by atoms with Crippen LogP contribution in [0.2, 0.25) is 0 Å². The molecule has 1 aliphatic rings. The van der Waals surface area contributed by atoms with E-state index in [4.69, 9.17) is 0 Å². The second-order valence-electron chi connectivity index (χ2n) is 8.23. The van der Waals surface area contributed by atoms with Crippen LogP contribution in [0.5, 0.6) is 0 Å².